The normalized spacial score (nSPS) is 10.6. The third-order valence-electron chi connectivity index (χ3n) is 5.33. The summed E-state index contributed by atoms with van der Waals surface area (Å²) < 4.78 is 2.15. The molecule has 5 aromatic rings. The second kappa shape index (κ2) is 9.44. The molecule has 0 bridgehead atoms. The maximum absolute atomic E-state index is 4.68. The molecule has 4 heteroatoms. The molecule has 1 heterocycles. The summed E-state index contributed by atoms with van der Waals surface area (Å²) in [7, 11) is 0. The first-order chi connectivity index (χ1) is 15.2. The molecular formula is C28H22IrN3-. The van der Waals surface area contributed by atoms with E-state index in [1.165, 1.54) is 11.1 Å². The van der Waals surface area contributed by atoms with Crippen LogP contribution in [0.1, 0.15) is 11.1 Å². The van der Waals surface area contributed by atoms with Crippen molar-refractivity contribution in [1.29, 1.82) is 0 Å². The monoisotopic (exact) mass is 593 g/mol. The van der Waals surface area contributed by atoms with Gasteiger partial charge in [0.05, 0.1) is 5.82 Å². The van der Waals surface area contributed by atoms with E-state index in [0.29, 0.717) is 0 Å². The van der Waals surface area contributed by atoms with Crippen LogP contribution in [0.25, 0.3) is 39.6 Å². The van der Waals surface area contributed by atoms with E-state index >= 15 is 0 Å². The molecule has 0 saturated heterocycles. The van der Waals surface area contributed by atoms with Crippen molar-refractivity contribution in [3.05, 3.63) is 114 Å². The standard InChI is InChI=1S/C28H22N3.Ir/c1-20-17-21(2)19-24(18-20)31-27(23-13-7-4-8-14-23)29-30-28(31)26-16-10-9-15-25(26)22-11-5-3-6-12-22;/h3-13,15-19H,1-2H3;/q-1;. The fourth-order valence-electron chi connectivity index (χ4n) is 4.04. The molecule has 159 valence electrons. The minimum absolute atomic E-state index is 0. The summed E-state index contributed by atoms with van der Waals surface area (Å²) in [6.07, 6.45) is 0. The van der Waals surface area contributed by atoms with Crippen LogP contribution in [0.2, 0.25) is 0 Å². The van der Waals surface area contributed by atoms with Crippen LogP contribution in [0.15, 0.2) is 97.1 Å². The molecule has 0 spiro atoms. The molecule has 0 fully saturated rings. The molecule has 1 aromatic heterocycles. The maximum atomic E-state index is 4.68. The van der Waals surface area contributed by atoms with Crippen molar-refractivity contribution >= 4 is 0 Å². The van der Waals surface area contributed by atoms with Gasteiger partial charge >= 0.3 is 0 Å². The van der Waals surface area contributed by atoms with Crippen LogP contribution in [0, 0.1) is 19.9 Å². The molecular weight excluding hydrogens is 571 g/mol. The van der Waals surface area contributed by atoms with E-state index in [1.54, 1.807) is 0 Å². The smallest absolute Gasteiger partial charge is 0.160 e. The number of benzene rings is 4. The molecule has 0 aliphatic heterocycles. The number of hydrogen-bond donors (Lipinski definition) is 0. The zero-order valence-electron chi connectivity index (χ0n) is 17.9. The predicted molar refractivity (Wildman–Crippen MR) is 126 cm³/mol. The Bertz CT molecular complexity index is 1320. The first-order valence-electron chi connectivity index (χ1n) is 10.4. The summed E-state index contributed by atoms with van der Waals surface area (Å²) in [5, 5.41) is 9.29. The summed E-state index contributed by atoms with van der Waals surface area (Å²) in [5.41, 5.74) is 7.70. The van der Waals surface area contributed by atoms with Crippen molar-refractivity contribution in [2.75, 3.05) is 0 Å². The minimum atomic E-state index is 0. The SMILES string of the molecule is Cc1cc(C)cc(-n2c(-c3[c-]cccc3)nnc2-c2ccccc2-c2ccccc2)c1.[Ir]. The van der Waals surface area contributed by atoms with E-state index in [0.717, 1.165) is 39.6 Å². The molecule has 0 unspecified atom stereocenters. The molecule has 0 amide bonds. The van der Waals surface area contributed by atoms with E-state index in [9.17, 15) is 0 Å². The zero-order valence-corrected chi connectivity index (χ0v) is 20.3. The van der Waals surface area contributed by atoms with Crippen LogP contribution in [-0.2, 0) is 20.1 Å². The Hall–Kier alpha value is -3.33. The van der Waals surface area contributed by atoms with Gasteiger partial charge in [0.2, 0.25) is 0 Å². The quantitative estimate of drug-likeness (QED) is 0.218. The Balaban J connectivity index is 0.00000245. The van der Waals surface area contributed by atoms with E-state index in [1.807, 2.05) is 30.3 Å². The van der Waals surface area contributed by atoms with Gasteiger partial charge in [-0.15, -0.1) is 41.0 Å². The number of aryl methyl sites for hydroxylation is 2. The Labute approximate surface area is 202 Å². The molecule has 1 radical (unpaired) electrons. The van der Waals surface area contributed by atoms with Crippen LogP contribution < -0.4 is 0 Å². The van der Waals surface area contributed by atoms with Gasteiger partial charge in [0, 0.05) is 31.4 Å². The van der Waals surface area contributed by atoms with Gasteiger partial charge < -0.3 is 4.57 Å². The predicted octanol–water partition coefficient (Wildman–Crippen LogP) is 6.68. The van der Waals surface area contributed by atoms with E-state index in [4.69, 9.17) is 0 Å². The first-order valence-corrected chi connectivity index (χ1v) is 10.4. The van der Waals surface area contributed by atoms with Crippen molar-refractivity contribution in [3.8, 4) is 39.6 Å². The van der Waals surface area contributed by atoms with Gasteiger partial charge in [0.25, 0.3) is 0 Å². The topological polar surface area (TPSA) is 30.7 Å². The van der Waals surface area contributed by atoms with Crippen LogP contribution >= 0.6 is 0 Å². The molecule has 0 atom stereocenters. The van der Waals surface area contributed by atoms with E-state index < -0.39 is 0 Å². The molecule has 5 rings (SSSR count). The summed E-state index contributed by atoms with van der Waals surface area (Å²) in [6.45, 7) is 4.24. The van der Waals surface area contributed by atoms with E-state index in [-0.39, 0.29) is 20.1 Å². The summed E-state index contributed by atoms with van der Waals surface area (Å²) >= 11 is 0. The third kappa shape index (κ3) is 4.20. The third-order valence-corrected chi connectivity index (χ3v) is 5.33. The van der Waals surface area contributed by atoms with Gasteiger partial charge in [0.15, 0.2) is 5.82 Å². The fraction of sp³-hybridized carbons (Fsp3) is 0.0714. The summed E-state index contributed by atoms with van der Waals surface area (Å²) in [5.74, 6) is 1.60. The molecule has 0 aliphatic rings. The van der Waals surface area contributed by atoms with Crippen LogP contribution in [0.5, 0.6) is 0 Å². The van der Waals surface area contributed by atoms with Gasteiger partial charge in [-0.3, -0.25) is 0 Å². The average molecular weight is 593 g/mol. The minimum Gasteiger partial charge on any atom is -0.316 e. The summed E-state index contributed by atoms with van der Waals surface area (Å²) in [6, 6.07) is 36.5. The molecule has 0 N–H and O–H groups in total. The van der Waals surface area contributed by atoms with Gasteiger partial charge in [0.1, 0.15) is 0 Å². The molecule has 0 aliphatic carbocycles. The zero-order chi connectivity index (χ0) is 21.2. The molecule has 0 saturated carbocycles. The Morgan fingerprint density at radius 3 is 1.97 bits per heavy atom. The molecule has 3 nitrogen and oxygen atoms in total. The van der Waals surface area contributed by atoms with Crippen molar-refractivity contribution in [2.24, 2.45) is 0 Å². The Kier molecular flexibility index (Phi) is 6.45. The van der Waals surface area contributed by atoms with Gasteiger partial charge in [-0.1, -0.05) is 60.7 Å². The average Bonchev–Trinajstić information content (AvgIpc) is 3.25. The maximum Gasteiger partial charge on any atom is 0.160 e. The second-order valence-corrected chi connectivity index (χ2v) is 7.72. The van der Waals surface area contributed by atoms with Crippen molar-refractivity contribution in [1.82, 2.24) is 14.8 Å². The Morgan fingerprint density at radius 1 is 0.656 bits per heavy atom. The van der Waals surface area contributed by atoms with Crippen LogP contribution in [0.4, 0.5) is 0 Å². The van der Waals surface area contributed by atoms with Gasteiger partial charge in [-0.05, 0) is 48.2 Å². The van der Waals surface area contributed by atoms with Gasteiger partial charge in [-0.2, -0.15) is 5.10 Å². The van der Waals surface area contributed by atoms with Gasteiger partial charge in [-0.25, -0.2) is 0 Å². The van der Waals surface area contributed by atoms with E-state index in [2.05, 4.69) is 101 Å². The number of rotatable bonds is 4. The molecule has 4 aromatic carbocycles. The van der Waals surface area contributed by atoms with Crippen LogP contribution in [0.3, 0.4) is 0 Å². The van der Waals surface area contributed by atoms with Crippen LogP contribution in [-0.4, -0.2) is 14.8 Å². The first kappa shape index (κ1) is 21.9. The molecule has 32 heavy (non-hydrogen) atoms. The van der Waals surface area contributed by atoms with Crippen molar-refractivity contribution < 1.29 is 20.1 Å². The number of aromatic nitrogens is 3. The van der Waals surface area contributed by atoms with Crippen molar-refractivity contribution in [3.63, 3.8) is 0 Å². The fourth-order valence-corrected chi connectivity index (χ4v) is 4.04. The largest absolute Gasteiger partial charge is 0.316 e. The summed E-state index contributed by atoms with van der Waals surface area (Å²) in [4.78, 5) is 0. The second-order valence-electron chi connectivity index (χ2n) is 7.72. The number of hydrogen-bond acceptors (Lipinski definition) is 2. The Morgan fingerprint density at radius 2 is 1.28 bits per heavy atom. The number of nitrogens with zero attached hydrogens (tertiary/aromatic N) is 3. The van der Waals surface area contributed by atoms with Crippen molar-refractivity contribution in [2.45, 2.75) is 13.8 Å².